The minimum Gasteiger partial charge on any atom is -0.497 e. The number of anilines is 1. The van der Waals surface area contributed by atoms with Crippen LogP contribution in [0.4, 0.5) is 14.5 Å². The number of rotatable bonds is 9. The van der Waals surface area contributed by atoms with E-state index in [0.717, 1.165) is 12.1 Å². The number of halogens is 2. The van der Waals surface area contributed by atoms with E-state index in [1.165, 1.54) is 17.9 Å². The summed E-state index contributed by atoms with van der Waals surface area (Å²) in [5, 5.41) is 2.20. The molecule has 2 aromatic rings. The van der Waals surface area contributed by atoms with Gasteiger partial charge in [-0.3, -0.25) is 9.59 Å². The molecule has 0 aliphatic carbocycles. The van der Waals surface area contributed by atoms with Crippen LogP contribution in [-0.4, -0.2) is 43.5 Å². The van der Waals surface area contributed by atoms with E-state index in [4.69, 9.17) is 9.47 Å². The van der Waals surface area contributed by atoms with Crippen LogP contribution in [0, 0.1) is 11.6 Å². The van der Waals surface area contributed by atoms with Gasteiger partial charge in [-0.2, -0.15) is 0 Å². The molecule has 8 heteroatoms. The van der Waals surface area contributed by atoms with Crippen molar-refractivity contribution in [2.24, 2.45) is 0 Å². The first-order valence-electron chi connectivity index (χ1n) is 8.67. The smallest absolute Gasteiger partial charge is 0.226 e. The summed E-state index contributed by atoms with van der Waals surface area (Å²) in [7, 11) is 1.57. The Bertz CT molecular complexity index is 792. The van der Waals surface area contributed by atoms with Gasteiger partial charge < -0.3 is 19.7 Å². The monoisotopic (exact) mass is 392 g/mol. The number of methoxy groups -OCH3 is 1. The summed E-state index contributed by atoms with van der Waals surface area (Å²) in [5.74, 6) is -1.21. The predicted octanol–water partition coefficient (Wildman–Crippen LogP) is 3.23. The molecule has 0 aliphatic rings. The molecule has 0 bridgehead atoms. The van der Waals surface area contributed by atoms with Gasteiger partial charge in [0.25, 0.3) is 0 Å². The first-order chi connectivity index (χ1) is 13.4. The van der Waals surface area contributed by atoms with Gasteiger partial charge in [0.2, 0.25) is 11.8 Å². The van der Waals surface area contributed by atoms with Crippen molar-refractivity contribution in [2.75, 3.05) is 32.1 Å². The van der Waals surface area contributed by atoms with E-state index < -0.39 is 23.2 Å². The molecule has 0 spiro atoms. The predicted molar refractivity (Wildman–Crippen MR) is 100 cm³/mol. The van der Waals surface area contributed by atoms with Gasteiger partial charge in [0.1, 0.15) is 35.4 Å². The van der Waals surface area contributed by atoms with Crippen LogP contribution < -0.4 is 14.8 Å². The highest BCUT2D eigenvalue weighted by Gasteiger charge is 2.15. The number of hydrogen-bond acceptors (Lipinski definition) is 4. The first-order valence-corrected chi connectivity index (χ1v) is 8.67. The molecule has 2 aromatic carbocycles. The number of amides is 2. The van der Waals surface area contributed by atoms with Crippen LogP contribution in [0.3, 0.4) is 0 Å². The van der Waals surface area contributed by atoms with E-state index >= 15 is 0 Å². The second-order valence-corrected chi connectivity index (χ2v) is 5.92. The molecule has 2 amide bonds. The van der Waals surface area contributed by atoms with Gasteiger partial charge >= 0.3 is 0 Å². The molecule has 0 saturated heterocycles. The lowest BCUT2D eigenvalue weighted by Crippen LogP contribution is -2.35. The Hall–Kier alpha value is -3.16. The maximum Gasteiger partial charge on any atom is 0.226 e. The van der Waals surface area contributed by atoms with Crippen LogP contribution in [0.5, 0.6) is 11.5 Å². The molecule has 0 fully saturated rings. The van der Waals surface area contributed by atoms with Gasteiger partial charge in [0, 0.05) is 19.9 Å². The summed E-state index contributed by atoms with van der Waals surface area (Å²) in [6.45, 7) is 1.98. The zero-order chi connectivity index (χ0) is 20.5. The number of carbonyl (C=O) groups excluding carboxylic acids is 2. The summed E-state index contributed by atoms with van der Waals surface area (Å²) in [5.41, 5.74) is -0.496. The fraction of sp³-hybridized carbons (Fsp3) is 0.300. The average molecular weight is 392 g/mol. The largest absolute Gasteiger partial charge is 0.497 e. The lowest BCUT2D eigenvalue weighted by Gasteiger charge is -2.21. The third-order valence-corrected chi connectivity index (χ3v) is 3.97. The summed E-state index contributed by atoms with van der Waals surface area (Å²) in [6.07, 6.45) is -0.101. The third kappa shape index (κ3) is 6.22. The molecule has 0 unspecified atom stereocenters. The summed E-state index contributed by atoms with van der Waals surface area (Å²) in [6, 6.07) is 10.3. The van der Waals surface area contributed by atoms with Crippen molar-refractivity contribution >= 4 is 17.5 Å². The normalized spacial score (nSPS) is 10.3. The molecule has 0 aromatic heterocycles. The molecule has 0 heterocycles. The zero-order valence-electron chi connectivity index (χ0n) is 15.7. The van der Waals surface area contributed by atoms with Crippen LogP contribution in [0.2, 0.25) is 0 Å². The number of nitrogens with zero attached hydrogens (tertiary/aromatic N) is 1. The van der Waals surface area contributed by atoms with Crippen LogP contribution in [0.1, 0.15) is 13.3 Å². The Morgan fingerprint density at radius 1 is 1.00 bits per heavy atom. The van der Waals surface area contributed by atoms with Crippen LogP contribution in [-0.2, 0) is 9.59 Å². The van der Waals surface area contributed by atoms with Gasteiger partial charge in [-0.05, 0) is 36.4 Å². The molecule has 2 rings (SSSR count). The van der Waals surface area contributed by atoms with Crippen LogP contribution in [0.25, 0.3) is 0 Å². The van der Waals surface area contributed by atoms with Crippen molar-refractivity contribution in [2.45, 2.75) is 13.3 Å². The van der Waals surface area contributed by atoms with E-state index in [1.54, 1.807) is 31.4 Å². The molecule has 0 atom stereocenters. The van der Waals surface area contributed by atoms with Crippen molar-refractivity contribution in [1.82, 2.24) is 4.90 Å². The second kappa shape index (κ2) is 10.2. The van der Waals surface area contributed by atoms with Gasteiger partial charge in [-0.15, -0.1) is 0 Å². The Morgan fingerprint density at radius 3 is 2.18 bits per heavy atom. The quantitative estimate of drug-likeness (QED) is 0.712. The number of hydrogen-bond donors (Lipinski definition) is 1. The molecular formula is C20H22F2N2O4. The number of ether oxygens (including phenoxy) is 2. The molecule has 6 nitrogen and oxygen atoms in total. The zero-order valence-corrected chi connectivity index (χ0v) is 15.7. The number of benzene rings is 2. The molecule has 0 radical (unpaired) electrons. The topological polar surface area (TPSA) is 67.9 Å². The van der Waals surface area contributed by atoms with Crippen molar-refractivity contribution in [3.8, 4) is 11.5 Å². The van der Waals surface area contributed by atoms with Gasteiger partial charge in [-0.25, -0.2) is 8.78 Å². The SMILES string of the molecule is COc1ccc(OCCN(CCC(=O)Nc2c(F)cccc2F)C(C)=O)cc1. The number of carbonyl (C=O) groups is 2. The minimum absolute atomic E-state index is 0.100. The maximum atomic E-state index is 13.6. The van der Waals surface area contributed by atoms with Crippen LogP contribution in [0.15, 0.2) is 42.5 Å². The van der Waals surface area contributed by atoms with E-state index in [1.807, 2.05) is 0 Å². The summed E-state index contributed by atoms with van der Waals surface area (Å²) < 4.78 is 37.8. The fourth-order valence-electron chi connectivity index (χ4n) is 2.43. The summed E-state index contributed by atoms with van der Waals surface area (Å²) in [4.78, 5) is 25.2. The molecule has 0 saturated carbocycles. The third-order valence-electron chi connectivity index (χ3n) is 3.97. The Morgan fingerprint density at radius 2 is 1.61 bits per heavy atom. The van der Waals surface area contributed by atoms with Gasteiger partial charge in [0.15, 0.2) is 0 Å². The highest BCUT2D eigenvalue weighted by molar-refractivity contribution is 5.91. The molecule has 1 N–H and O–H groups in total. The molecule has 150 valence electrons. The van der Waals surface area contributed by atoms with Crippen LogP contribution >= 0.6 is 0 Å². The maximum absolute atomic E-state index is 13.6. The van der Waals surface area contributed by atoms with Crippen molar-refractivity contribution in [3.63, 3.8) is 0 Å². The van der Waals surface area contributed by atoms with E-state index in [2.05, 4.69) is 5.32 Å². The minimum atomic E-state index is -0.857. The van der Waals surface area contributed by atoms with Crippen molar-refractivity contribution in [1.29, 1.82) is 0 Å². The Labute approximate surface area is 162 Å². The van der Waals surface area contributed by atoms with E-state index in [0.29, 0.717) is 11.5 Å². The van der Waals surface area contributed by atoms with Gasteiger partial charge in [0.05, 0.1) is 13.7 Å². The Kier molecular flexibility index (Phi) is 7.74. The first kappa shape index (κ1) is 21.1. The lowest BCUT2D eigenvalue weighted by molar-refractivity contribution is -0.129. The standard InChI is InChI=1S/C20H22F2N2O4/c1-14(25)24(12-13-28-16-8-6-15(27-2)7-9-16)11-10-19(26)23-20-17(21)4-3-5-18(20)22/h3-9H,10-13H2,1-2H3,(H,23,26). The second-order valence-electron chi connectivity index (χ2n) is 5.92. The summed E-state index contributed by atoms with van der Waals surface area (Å²) >= 11 is 0. The molecule has 28 heavy (non-hydrogen) atoms. The molecular weight excluding hydrogens is 370 g/mol. The fourth-order valence-corrected chi connectivity index (χ4v) is 2.43. The highest BCUT2D eigenvalue weighted by atomic mass is 19.1. The Balaban J connectivity index is 1.81. The number of para-hydroxylation sites is 1. The number of nitrogens with one attached hydrogen (secondary N) is 1. The molecule has 0 aliphatic heterocycles. The average Bonchev–Trinajstić information content (AvgIpc) is 2.67. The highest BCUT2D eigenvalue weighted by Crippen LogP contribution is 2.18. The van der Waals surface area contributed by atoms with E-state index in [9.17, 15) is 18.4 Å². The van der Waals surface area contributed by atoms with Crippen molar-refractivity contribution in [3.05, 3.63) is 54.1 Å². The van der Waals surface area contributed by atoms with E-state index in [-0.39, 0.29) is 32.0 Å². The lowest BCUT2D eigenvalue weighted by atomic mass is 10.2. The van der Waals surface area contributed by atoms with Gasteiger partial charge in [-0.1, -0.05) is 6.07 Å². The van der Waals surface area contributed by atoms with Crippen molar-refractivity contribution < 1.29 is 27.8 Å².